The SMILES string of the molecule is Cc1ccc(Cl)cc1Oc1cnccc1C#N. The molecule has 0 bridgehead atoms. The van der Waals surface area contributed by atoms with Gasteiger partial charge in [0.2, 0.25) is 0 Å². The molecule has 0 radical (unpaired) electrons. The first-order valence-corrected chi connectivity index (χ1v) is 5.36. The fourth-order valence-electron chi connectivity index (χ4n) is 1.36. The lowest BCUT2D eigenvalue weighted by Gasteiger charge is -2.09. The summed E-state index contributed by atoms with van der Waals surface area (Å²) in [4.78, 5) is 3.93. The standard InChI is InChI=1S/C13H9ClN2O/c1-9-2-3-11(14)6-12(9)17-13-8-16-5-4-10(13)7-15/h2-6,8H,1H3. The maximum Gasteiger partial charge on any atom is 0.163 e. The molecule has 0 spiro atoms. The van der Waals surface area contributed by atoms with Gasteiger partial charge in [0, 0.05) is 11.2 Å². The molecule has 0 aliphatic rings. The van der Waals surface area contributed by atoms with Gasteiger partial charge in [0.25, 0.3) is 0 Å². The second-order valence-corrected chi connectivity index (χ2v) is 3.93. The molecule has 4 heteroatoms. The molecule has 0 saturated carbocycles. The highest BCUT2D eigenvalue weighted by Crippen LogP contribution is 2.29. The number of hydrogen-bond donors (Lipinski definition) is 0. The van der Waals surface area contributed by atoms with Gasteiger partial charge in [-0.3, -0.25) is 4.98 Å². The van der Waals surface area contributed by atoms with Gasteiger partial charge in [0.05, 0.1) is 11.8 Å². The minimum absolute atomic E-state index is 0.431. The van der Waals surface area contributed by atoms with E-state index < -0.39 is 0 Å². The second-order valence-electron chi connectivity index (χ2n) is 3.50. The number of rotatable bonds is 2. The summed E-state index contributed by atoms with van der Waals surface area (Å²) >= 11 is 5.90. The number of halogens is 1. The van der Waals surface area contributed by atoms with Crippen LogP contribution >= 0.6 is 11.6 Å². The number of hydrogen-bond acceptors (Lipinski definition) is 3. The third-order valence-electron chi connectivity index (χ3n) is 2.28. The van der Waals surface area contributed by atoms with E-state index in [1.54, 1.807) is 24.4 Å². The van der Waals surface area contributed by atoms with E-state index in [9.17, 15) is 0 Å². The molecule has 84 valence electrons. The first kappa shape index (κ1) is 11.4. The highest BCUT2D eigenvalue weighted by atomic mass is 35.5. The predicted molar refractivity (Wildman–Crippen MR) is 65.2 cm³/mol. The van der Waals surface area contributed by atoms with Crippen molar-refractivity contribution in [2.45, 2.75) is 6.92 Å². The molecule has 3 nitrogen and oxygen atoms in total. The van der Waals surface area contributed by atoms with E-state index in [4.69, 9.17) is 21.6 Å². The van der Waals surface area contributed by atoms with Crippen LogP contribution in [0.2, 0.25) is 5.02 Å². The van der Waals surface area contributed by atoms with Gasteiger partial charge in [-0.2, -0.15) is 5.26 Å². The Hall–Kier alpha value is -2.05. The summed E-state index contributed by atoms with van der Waals surface area (Å²) in [6.45, 7) is 1.91. The van der Waals surface area contributed by atoms with E-state index in [-0.39, 0.29) is 0 Å². The van der Waals surface area contributed by atoms with Gasteiger partial charge >= 0.3 is 0 Å². The molecular weight excluding hydrogens is 236 g/mol. The molecule has 0 aliphatic heterocycles. The van der Waals surface area contributed by atoms with Crippen molar-refractivity contribution in [2.75, 3.05) is 0 Å². The monoisotopic (exact) mass is 244 g/mol. The van der Waals surface area contributed by atoms with Gasteiger partial charge in [0.1, 0.15) is 11.8 Å². The fraction of sp³-hybridized carbons (Fsp3) is 0.0769. The van der Waals surface area contributed by atoms with E-state index in [1.807, 2.05) is 13.0 Å². The van der Waals surface area contributed by atoms with Crippen LogP contribution in [-0.4, -0.2) is 4.98 Å². The third kappa shape index (κ3) is 2.55. The van der Waals surface area contributed by atoms with Crippen LogP contribution in [0.3, 0.4) is 0 Å². The van der Waals surface area contributed by atoms with E-state index in [2.05, 4.69) is 11.1 Å². The Bertz CT molecular complexity index is 590. The molecule has 0 unspecified atom stereocenters. The van der Waals surface area contributed by atoms with Crippen LogP contribution in [-0.2, 0) is 0 Å². The predicted octanol–water partition coefficient (Wildman–Crippen LogP) is 3.71. The molecule has 1 aromatic carbocycles. The lowest BCUT2D eigenvalue weighted by atomic mass is 10.2. The van der Waals surface area contributed by atoms with E-state index in [0.29, 0.717) is 22.1 Å². The summed E-state index contributed by atoms with van der Waals surface area (Å²) in [5.74, 6) is 1.06. The minimum atomic E-state index is 0.431. The van der Waals surface area contributed by atoms with Crippen LogP contribution in [0.5, 0.6) is 11.5 Å². The minimum Gasteiger partial charge on any atom is -0.454 e. The topological polar surface area (TPSA) is 45.9 Å². The van der Waals surface area contributed by atoms with Crippen molar-refractivity contribution in [1.29, 1.82) is 5.26 Å². The van der Waals surface area contributed by atoms with Crippen LogP contribution in [0, 0.1) is 18.3 Å². The highest BCUT2D eigenvalue weighted by Gasteiger charge is 2.06. The Balaban J connectivity index is 2.38. The summed E-state index contributed by atoms with van der Waals surface area (Å²) < 4.78 is 5.64. The Morgan fingerprint density at radius 3 is 2.88 bits per heavy atom. The maximum absolute atomic E-state index is 8.94. The molecule has 2 aromatic rings. The molecule has 0 aliphatic carbocycles. The van der Waals surface area contributed by atoms with Crippen LogP contribution in [0.4, 0.5) is 0 Å². The van der Waals surface area contributed by atoms with Gasteiger partial charge < -0.3 is 4.74 Å². The molecule has 1 heterocycles. The first-order chi connectivity index (χ1) is 8.20. The average Bonchev–Trinajstić information content (AvgIpc) is 2.34. The van der Waals surface area contributed by atoms with Crippen LogP contribution in [0.1, 0.15) is 11.1 Å². The van der Waals surface area contributed by atoms with Crippen molar-refractivity contribution in [2.24, 2.45) is 0 Å². The highest BCUT2D eigenvalue weighted by molar-refractivity contribution is 6.30. The number of nitrogens with zero attached hydrogens (tertiary/aromatic N) is 2. The number of aryl methyl sites for hydroxylation is 1. The molecule has 17 heavy (non-hydrogen) atoms. The van der Waals surface area contributed by atoms with Crippen molar-refractivity contribution in [1.82, 2.24) is 4.98 Å². The zero-order chi connectivity index (χ0) is 12.3. The largest absolute Gasteiger partial charge is 0.454 e. The van der Waals surface area contributed by atoms with Crippen LogP contribution in [0.15, 0.2) is 36.7 Å². The normalized spacial score (nSPS) is 9.71. The zero-order valence-corrected chi connectivity index (χ0v) is 9.90. The van der Waals surface area contributed by atoms with E-state index >= 15 is 0 Å². The lowest BCUT2D eigenvalue weighted by Crippen LogP contribution is -1.91. The Morgan fingerprint density at radius 1 is 1.29 bits per heavy atom. The van der Waals surface area contributed by atoms with Gasteiger partial charge in [-0.25, -0.2) is 0 Å². The number of aromatic nitrogens is 1. The van der Waals surface area contributed by atoms with E-state index in [0.717, 1.165) is 5.56 Å². The summed E-state index contributed by atoms with van der Waals surface area (Å²) in [6.07, 6.45) is 3.06. The molecule has 1 aromatic heterocycles. The molecule has 0 fully saturated rings. The second kappa shape index (κ2) is 4.86. The zero-order valence-electron chi connectivity index (χ0n) is 9.14. The van der Waals surface area contributed by atoms with Gasteiger partial charge in [-0.15, -0.1) is 0 Å². The molecule has 0 atom stereocenters. The number of pyridine rings is 1. The molecule has 0 amide bonds. The Labute approximate surface area is 104 Å². The molecule has 0 N–H and O–H groups in total. The number of ether oxygens (including phenoxy) is 1. The van der Waals surface area contributed by atoms with Crippen molar-refractivity contribution in [3.05, 3.63) is 52.8 Å². The maximum atomic E-state index is 8.94. The summed E-state index contributed by atoms with van der Waals surface area (Å²) in [5.41, 5.74) is 1.39. The lowest BCUT2D eigenvalue weighted by molar-refractivity contribution is 0.475. The average molecular weight is 245 g/mol. The van der Waals surface area contributed by atoms with Gasteiger partial charge in [-0.1, -0.05) is 17.7 Å². The smallest absolute Gasteiger partial charge is 0.163 e. The first-order valence-electron chi connectivity index (χ1n) is 4.99. The third-order valence-corrected chi connectivity index (χ3v) is 2.51. The van der Waals surface area contributed by atoms with Gasteiger partial charge in [-0.05, 0) is 30.7 Å². The molecule has 0 saturated heterocycles. The van der Waals surface area contributed by atoms with Gasteiger partial charge in [0.15, 0.2) is 5.75 Å². The Kier molecular flexibility index (Phi) is 3.27. The number of benzene rings is 1. The van der Waals surface area contributed by atoms with Crippen molar-refractivity contribution in [3.8, 4) is 17.6 Å². The van der Waals surface area contributed by atoms with E-state index in [1.165, 1.54) is 6.20 Å². The van der Waals surface area contributed by atoms with Crippen molar-refractivity contribution >= 4 is 11.6 Å². The van der Waals surface area contributed by atoms with Crippen molar-refractivity contribution in [3.63, 3.8) is 0 Å². The van der Waals surface area contributed by atoms with Crippen molar-refractivity contribution < 1.29 is 4.74 Å². The van der Waals surface area contributed by atoms with Crippen LogP contribution < -0.4 is 4.74 Å². The quantitative estimate of drug-likeness (QED) is 0.809. The molecular formula is C13H9ClN2O. The Morgan fingerprint density at radius 2 is 2.12 bits per heavy atom. The summed E-state index contributed by atoms with van der Waals surface area (Å²) in [6, 6.07) is 9.02. The fourth-order valence-corrected chi connectivity index (χ4v) is 1.52. The molecule has 2 rings (SSSR count). The van der Waals surface area contributed by atoms with Crippen LogP contribution in [0.25, 0.3) is 0 Å². The summed E-state index contributed by atoms with van der Waals surface area (Å²) in [7, 11) is 0. The number of nitriles is 1. The summed E-state index contributed by atoms with van der Waals surface area (Å²) in [5, 5.41) is 9.53.